The van der Waals surface area contributed by atoms with Crippen molar-refractivity contribution in [2.75, 3.05) is 33.0 Å². The van der Waals surface area contributed by atoms with Crippen LogP contribution in [0.4, 0.5) is 5.69 Å². The first-order chi connectivity index (χ1) is 9.97. The molecule has 0 spiro atoms. The highest BCUT2D eigenvalue weighted by atomic mass is 16.5. The molecule has 0 bridgehead atoms. The second kappa shape index (κ2) is 6.03. The molecule has 2 N–H and O–H groups in total. The molecule has 1 saturated heterocycles. The summed E-state index contributed by atoms with van der Waals surface area (Å²) in [4.78, 5) is 26.0. The maximum absolute atomic E-state index is 12.6. The third kappa shape index (κ3) is 2.94. The molecule has 0 aromatic heterocycles. The van der Waals surface area contributed by atoms with E-state index in [9.17, 15) is 9.59 Å². The molecule has 114 valence electrons. The second-order valence-corrected chi connectivity index (χ2v) is 5.28. The molecule has 2 rings (SSSR count). The zero-order chi connectivity index (χ0) is 15.6. The predicted octanol–water partition coefficient (Wildman–Crippen LogP) is 1.16. The van der Waals surface area contributed by atoms with Crippen LogP contribution in [-0.4, -0.2) is 44.1 Å². The molecule has 1 fully saturated rings. The van der Waals surface area contributed by atoms with Crippen molar-refractivity contribution < 1.29 is 19.1 Å². The molecule has 21 heavy (non-hydrogen) atoms. The van der Waals surface area contributed by atoms with Gasteiger partial charge in [0.15, 0.2) is 0 Å². The highest BCUT2D eigenvalue weighted by Crippen LogP contribution is 2.29. The topological polar surface area (TPSA) is 81.9 Å². The highest BCUT2D eigenvalue weighted by molar-refractivity contribution is 5.98. The lowest BCUT2D eigenvalue weighted by molar-refractivity contribution is -0.146. The molecule has 1 aromatic rings. The first kappa shape index (κ1) is 15.2. The standard InChI is InChI=1S/C15H20N2O4/c1-9-7-17(8-12(9)15(19)21-3)14(18)11-6-10(16)4-5-13(11)20-2/h4-6,9,12H,7-8,16H2,1-3H3. The molecule has 0 saturated carbocycles. The van der Waals surface area contributed by atoms with Gasteiger partial charge in [-0.2, -0.15) is 0 Å². The summed E-state index contributed by atoms with van der Waals surface area (Å²) in [5.41, 5.74) is 6.65. The third-order valence-corrected chi connectivity index (χ3v) is 3.86. The van der Waals surface area contributed by atoms with Crippen molar-refractivity contribution in [1.29, 1.82) is 0 Å². The van der Waals surface area contributed by atoms with Crippen LogP contribution < -0.4 is 10.5 Å². The van der Waals surface area contributed by atoms with Crippen LogP contribution in [0.1, 0.15) is 17.3 Å². The van der Waals surface area contributed by atoms with E-state index >= 15 is 0 Å². The number of methoxy groups -OCH3 is 2. The van der Waals surface area contributed by atoms with Crippen LogP contribution in [0.2, 0.25) is 0 Å². The van der Waals surface area contributed by atoms with E-state index in [1.54, 1.807) is 23.1 Å². The summed E-state index contributed by atoms with van der Waals surface area (Å²) >= 11 is 0. The van der Waals surface area contributed by atoms with Gasteiger partial charge in [0.25, 0.3) is 5.91 Å². The average Bonchev–Trinajstić information content (AvgIpc) is 2.87. The number of nitrogens with zero attached hydrogens (tertiary/aromatic N) is 1. The molecule has 6 heteroatoms. The number of benzene rings is 1. The molecule has 1 aromatic carbocycles. The number of likely N-dealkylation sites (tertiary alicyclic amines) is 1. The van der Waals surface area contributed by atoms with Crippen molar-refractivity contribution in [1.82, 2.24) is 4.90 Å². The van der Waals surface area contributed by atoms with E-state index in [0.717, 1.165) is 0 Å². The summed E-state index contributed by atoms with van der Waals surface area (Å²) in [6.45, 7) is 2.80. The molecule has 0 aliphatic carbocycles. The Morgan fingerprint density at radius 1 is 1.29 bits per heavy atom. The SMILES string of the molecule is COC(=O)C1CN(C(=O)c2cc(N)ccc2OC)CC1C. The summed E-state index contributed by atoms with van der Waals surface area (Å²) in [7, 11) is 2.87. The van der Waals surface area contributed by atoms with Crippen LogP contribution in [0.3, 0.4) is 0 Å². The molecular formula is C15H20N2O4. The summed E-state index contributed by atoms with van der Waals surface area (Å²) in [6, 6.07) is 4.94. The minimum absolute atomic E-state index is 0.0634. The zero-order valence-electron chi connectivity index (χ0n) is 12.5. The van der Waals surface area contributed by atoms with E-state index in [0.29, 0.717) is 30.1 Å². The number of rotatable bonds is 3. The van der Waals surface area contributed by atoms with Crippen LogP contribution in [0, 0.1) is 11.8 Å². The number of hydrogen-bond donors (Lipinski definition) is 1. The maximum atomic E-state index is 12.6. The van der Waals surface area contributed by atoms with Crippen LogP contribution >= 0.6 is 0 Å². The minimum Gasteiger partial charge on any atom is -0.496 e. The van der Waals surface area contributed by atoms with E-state index < -0.39 is 0 Å². The van der Waals surface area contributed by atoms with Gasteiger partial charge in [0.1, 0.15) is 5.75 Å². The number of amides is 1. The highest BCUT2D eigenvalue weighted by Gasteiger charge is 2.38. The Morgan fingerprint density at radius 2 is 2.00 bits per heavy atom. The largest absolute Gasteiger partial charge is 0.496 e. The number of ether oxygens (including phenoxy) is 2. The number of carbonyl (C=O) groups excluding carboxylic acids is 2. The fraction of sp³-hybridized carbons (Fsp3) is 0.467. The zero-order valence-corrected chi connectivity index (χ0v) is 12.5. The molecule has 1 amide bonds. The van der Waals surface area contributed by atoms with Gasteiger partial charge in [0.05, 0.1) is 25.7 Å². The Kier molecular flexibility index (Phi) is 4.35. The van der Waals surface area contributed by atoms with E-state index in [2.05, 4.69) is 0 Å². The van der Waals surface area contributed by atoms with Crippen LogP contribution in [0.15, 0.2) is 18.2 Å². The van der Waals surface area contributed by atoms with Gasteiger partial charge in [-0.1, -0.05) is 6.92 Å². The Bertz CT molecular complexity index is 559. The van der Waals surface area contributed by atoms with Crippen molar-refractivity contribution >= 4 is 17.6 Å². The molecule has 6 nitrogen and oxygen atoms in total. The number of esters is 1. The van der Waals surface area contributed by atoms with Gasteiger partial charge < -0.3 is 20.1 Å². The summed E-state index contributed by atoms with van der Waals surface area (Å²) in [5.74, 6) is -0.211. The Labute approximate surface area is 123 Å². The Balaban J connectivity index is 2.22. The van der Waals surface area contributed by atoms with Crippen LogP contribution in [-0.2, 0) is 9.53 Å². The van der Waals surface area contributed by atoms with Crippen molar-refractivity contribution in [2.45, 2.75) is 6.92 Å². The van der Waals surface area contributed by atoms with Crippen LogP contribution in [0.25, 0.3) is 0 Å². The van der Waals surface area contributed by atoms with E-state index in [1.165, 1.54) is 14.2 Å². The van der Waals surface area contributed by atoms with Crippen molar-refractivity contribution in [3.8, 4) is 5.75 Å². The number of nitrogens with two attached hydrogens (primary N) is 1. The van der Waals surface area contributed by atoms with Crippen molar-refractivity contribution in [3.63, 3.8) is 0 Å². The van der Waals surface area contributed by atoms with E-state index in [1.807, 2.05) is 6.92 Å². The average molecular weight is 292 g/mol. The fourth-order valence-electron chi connectivity index (χ4n) is 2.65. The second-order valence-electron chi connectivity index (χ2n) is 5.28. The van der Waals surface area contributed by atoms with E-state index in [4.69, 9.17) is 15.2 Å². The van der Waals surface area contributed by atoms with Crippen LogP contribution in [0.5, 0.6) is 5.75 Å². The Morgan fingerprint density at radius 3 is 2.62 bits per heavy atom. The van der Waals surface area contributed by atoms with Gasteiger partial charge in [0.2, 0.25) is 0 Å². The first-order valence-corrected chi connectivity index (χ1v) is 6.78. The molecule has 1 aliphatic heterocycles. The lowest BCUT2D eigenvalue weighted by atomic mass is 9.99. The monoisotopic (exact) mass is 292 g/mol. The number of nitrogen functional groups attached to an aromatic ring is 1. The summed E-state index contributed by atoms with van der Waals surface area (Å²) in [5, 5.41) is 0. The van der Waals surface area contributed by atoms with Gasteiger partial charge in [-0.05, 0) is 24.1 Å². The first-order valence-electron chi connectivity index (χ1n) is 6.78. The molecule has 0 radical (unpaired) electrons. The number of carbonyl (C=O) groups is 2. The fourth-order valence-corrected chi connectivity index (χ4v) is 2.65. The van der Waals surface area contributed by atoms with Gasteiger partial charge in [0, 0.05) is 18.8 Å². The third-order valence-electron chi connectivity index (χ3n) is 3.86. The minimum atomic E-state index is -0.286. The lowest BCUT2D eigenvalue weighted by Crippen LogP contribution is -2.30. The van der Waals surface area contributed by atoms with Crippen molar-refractivity contribution in [3.05, 3.63) is 23.8 Å². The summed E-state index contributed by atoms with van der Waals surface area (Å²) < 4.78 is 9.99. The smallest absolute Gasteiger partial charge is 0.310 e. The predicted molar refractivity (Wildman–Crippen MR) is 78.0 cm³/mol. The van der Waals surface area contributed by atoms with Crippen molar-refractivity contribution in [2.24, 2.45) is 11.8 Å². The summed E-state index contributed by atoms with van der Waals surface area (Å²) in [6.07, 6.45) is 0. The molecule has 2 unspecified atom stereocenters. The molecule has 1 heterocycles. The van der Waals surface area contributed by atoms with Gasteiger partial charge in [-0.25, -0.2) is 0 Å². The molecular weight excluding hydrogens is 272 g/mol. The maximum Gasteiger partial charge on any atom is 0.310 e. The number of anilines is 1. The van der Waals surface area contributed by atoms with Gasteiger partial charge in [-0.3, -0.25) is 9.59 Å². The Hall–Kier alpha value is -2.24. The van der Waals surface area contributed by atoms with Gasteiger partial charge in [-0.15, -0.1) is 0 Å². The quantitative estimate of drug-likeness (QED) is 0.668. The van der Waals surface area contributed by atoms with Gasteiger partial charge >= 0.3 is 5.97 Å². The van der Waals surface area contributed by atoms with E-state index in [-0.39, 0.29) is 23.7 Å². The molecule has 1 aliphatic rings. The molecule has 2 atom stereocenters. The lowest BCUT2D eigenvalue weighted by Gasteiger charge is -2.18. The number of hydrogen-bond acceptors (Lipinski definition) is 5. The normalized spacial score (nSPS) is 21.2.